The Balaban J connectivity index is 1.74. The fourth-order valence-electron chi connectivity index (χ4n) is 2.94. The number of nitrogens with zero attached hydrogens (tertiary/aromatic N) is 2. The molecule has 0 bridgehead atoms. The van der Waals surface area contributed by atoms with Gasteiger partial charge in [-0.3, -0.25) is 0 Å². The second-order valence-electron chi connectivity index (χ2n) is 5.40. The van der Waals surface area contributed by atoms with Crippen molar-refractivity contribution in [2.75, 3.05) is 23.7 Å². The lowest BCUT2D eigenvalue weighted by Gasteiger charge is -2.38. The van der Waals surface area contributed by atoms with Gasteiger partial charge in [0.05, 0.1) is 11.9 Å². The monoisotopic (exact) mass is 217 g/mol. The molecule has 3 heteroatoms. The van der Waals surface area contributed by atoms with E-state index in [4.69, 9.17) is 5.73 Å². The second kappa shape index (κ2) is 3.37. The molecule has 1 aromatic rings. The van der Waals surface area contributed by atoms with Crippen LogP contribution in [-0.4, -0.2) is 18.1 Å². The van der Waals surface area contributed by atoms with E-state index in [1.54, 1.807) is 0 Å². The first-order valence-electron chi connectivity index (χ1n) is 6.16. The Morgan fingerprint density at radius 3 is 2.75 bits per heavy atom. The van der Waals surface area contributed by atoms with E-state index in [1.165, 1.54) is 38.0 Å². The summed E-state index contributed by atoms with van der Waals surface area (Å²) in [4.78, 5) is 6.61. The topological polar surface area (TPSA) is 42.1 Å². The number of nitrogens with two attached hydrogens (primary N) is 1. The van der Waals surface area contributed by atoms with Crippen LogP contribution in [0.5, 0.6) is 0 Å². The van der Waals surface area contributed by atoms with E-state index in [2.05, 4.69) is 22.9 Å². The van der Waals surface area contributed by atoms with Gasteiger partial charge in [0.25, 0.3) is 0 Å². The Bertz CT molecular complexity index is 381. The van der Waals surface area contributed by atoms with Crippen LogP contribution in [0.15, 0.2) is 18.3 Å². The molecule has 1 saturated heterocycles. The van der Waals surface area contributed by atoms with Crippen LogP contribution in [-0.2, 0) is 0 Å². The highest BCUT2D eigenvalue weighted by atomic mass is 15.2. The van der Waals surface area contributed by atoms with Gasteiger partial charge in [0.15, 0.2) is 0 Å². The summed E-state index contributed by atoms with van der Waals surface area (Å²) in [5.74, 6) is 1.42. The standard InChI is InChI=1S/C13H19N3/c1-10-9-16(7-6-13(10)4-5-13)11-2-3-12(14)15-8-11/h2-3,8,10H,4-7,9H2,1H3,(H2,14,15). The second-order valence-corrected chi connectivity index (χ2v) is 5.40. The summed E-state index contributed by atoms with van der Waals surface area (Å²) in [5, 5.41) is 0. The number of rotatable bonds is 1. The molecule has 0 aromatic carbocycles. The first-order valence-corrected chi connectivity index (χ1v) is 6.16. The Morgan fingerprint density at radius 1 is 1.38 bits per heavy atom. The molecule has 1 aliphatic carbocycles. The van der Waals surface area contributed by atoms with Gasteiger partial charge in [0.2, 0.25) is 0 Å². The molecule has 0 radical (unpaired) electrons. The maximum Gasteiger partial charge on any atom is 0.123 e. The van der Waals surface area contributed by atoms with Crippen molar-refractivity contribution >= 4 is 11.5 Å². The molecular formula is C13H19N3. The van der Waals surface area contributed by atoms with Gasteiger partial charge in [-0.15, -0.1) is 0 Å². The molecule has 3 nitrogen and oxygen atoms in total. The Kier molecular flexibility index (Phi) is 2.09. The molecule has 2 N–H and O–H groups in total. The molecule has 86 valence electrons. The predicted octanol–water partition coefficient (Wildman–Crippen LogP) is 2.29. The zero-order chi connectivity index (χ0) is 11.2. The third kappa shape index (κ3) is 1.55. The first-order chi connectivity index (χ1) is 7.70. The fraction of sp³-hybridized carbons (Fsp3) is 0.615. The zero-order valence-electron chi connectivity index (χ0n) is 9.82. The van der Waals surface area contributed by atoms with Crippen LogP contribution in [0.25, 0.3) is 0 Å². The number of pyridine rings is 1. The van der Waals surface area contributed by atoms with Gasteiger partial charge >= 0.3 is 0 Å². The molecule has 1 unspecified atom stereocenters. The van der Waals surface area contributed by atoms with Gasteiger partial charge in [-0.05, 0) is 42.7 Å². The summed E-state index contributed by atoms with van der Waals surface area (Å²) >= 11 is 0. The van der Waals surface area contributed by atoms with E-state index < -0.39 is 0 Å². The summed E-state index contributed by atoms with van der Waals surface area (Å²) in [6.45, 7) is 4.74. The van der Waals surface area contributed by atoms with Crippen LogP contribution in [0.2, 0.25) is 0 Å². The fourth-order valence-corrected chi connectivity index (χ4v) is 2.94. The van der Waals surface area contributed by atoms with Crippen molar-refractivity contribution in [3.05, 3.63) is 18.3 Å². The Hall–Kier alpha value is -1.25. The third-order valence-corrected chi connectivity index (χ3v) is 4.45. The minimum Gasteiger partial charge on any atom is -0.384 e. The lowest BCUT2D eigenvalue weighted by atomic mass is 9.83. The molecule has 1 aromatic heterocycles. The van der Waals surface area contributed by atoms with E-state index in [-0.39, 0.29) is 0 Å². The summed E-state index contributed by atoms with van der Waals surface area (Å²) in [6, 6.07) is 3.97. The summed E-state index contributed by atoms with van der Waals surface area (Å²) in [7, 11) is 0. The number of hydrogen-bond donors (Lipinski definition) is 1. The molecule has 2 aliphatic rings. The van der Waals surface area contributed by atoms with E-state index in [9.17, 15) is 0 Å². The van der Waals surface area contributed by atoms with Gasteiger partial charge in [-0.25, -0.2) is 4.98 Å². The highest BCUT2D eigenvalue weighted by Crippen LogP contribution is 2.56. The minimum atomic E-state index is 0.604. The summed E-state index contributed by atoms with van der Waals surface area (Å²) in [5.41, 5.74) is 7.53. The quantitative estimate of drug-likeness (QED) is 0.784. The average molecular weight is 217 g/mol. The normalized spacial score (nSPS) is 27.1. The number of nitrogen functional groups attached to an aromatic ring is 1. The van der Waals surface area contributed by atoms with E-state index in [0.29, 0.717) is 11.2 Å². The summed E-state index contributed by atoms with van der Waals surface area (Å²) < 4.78 is 0. The Labute approximate surface area is 96.7 Å². The highest BCUT2D eigenvalue weighted by molar-refractivity contribution is 5.48. The maximum absolute atomic E-state index is 5.61. The van der Waals surface area contributed by atoms with Crippen molar-refractivity contribution in [1.82, 2.24) is 4.98 Å². The lowest BCUT2D eigenvalue weighted by molar-refractivity contribution is 0.274. The molecule has 1 aliphatic heterocycles. The van der Waals surface area contributed by atoms with Crippen LogP contribution in [0.1, 0.15) is 26.2 Å². The van der Waals surface area contributed by atoms with Crippen molar-refractivity contribution in [3.8, 4) is 0 Å². The van der Waals surface area contributed by atoms with Crippen LogP contribution in [0, 0.1) is 11.3 Å². The molecule has 0 amide bonds. The molecule has 2 fully saturated rings. The zero-order valence-corrected chi connectivity index (χ0v) is 9.82. The van der Waals surface area contributed by atoms with Crippen molar-refractivity contribution < 1.29 is 0 Å². The predicted molar refractivity (Wildman–Crippen MR) is 66.3 cm³/mol. The molecule has 1 spiro atoms. The first kappa shape index (κ1) is 9.94. The third-order valence-electron chi connectivity index (χ3n) is 4.45. The van der Waals surface area contributed by atoms with Gasteiger partial charge in [-0.2, -0.15) is 0 Å². The van der Waals surface area contributed by atoms with E-state index in [1.807, 2.05) is 12.3 Å². The lowest BCUT2D eigenvalue weighted by Crippen LogP contribution is -2.40. The maximum atomic E-state index is 5.61. The smallest absolute Gasteiger partial charge is 0.123 e. The van der Waals surface area contributed by atoms with E-state index in [0.717, 1.165) is 5.92 Å². The van der Waals surface area contributed by atoms with Crippen LogP contribution >= 0.6 is 0 Å². The molecule has 3 rings (SSSR count). The largest absolute Gasteiger partial charge is 0.384 e. The Morgan fingerprint density at radius 2 is 2.19 bits per heavy atom. The SMILES string of the molecule is CC1CN(c2ccc(N)nc2)CCC12CC2. The molecular weight excluding hydrogens is 198 g/mol. The van der Waals surface area contributed by atoms with Gasteiger partial charge in [-0.1, -0.05) is 6.92 Å². The number of hydrogen-bond acceptors (Lipinski definition) is 3. The highest BCUT2D eigenvalue weighted by Gasteiger charge is 2.49. The van der Waals surface area contributed by atoms with Crippen molar-refractivity contribution in [1.29, 1.82) is 0 Å². The van der Waals surface area contributed by atoms with Gasteiger partial charge in [0, 0.05) is 13.1 Å². The van der Waals surface area contributed by atoms with Crippen molar-refractivity contribution in [2.45, 2.75) is 26.2 Å². The number of anilines is 2. The van der Waals surface area contributed by atoms with Gasteiger partial charge in [0.1, 0.15) is 5.82 Å². The molecule has 2 heterocycles. The van der Waals surface area contributed by atoms with Gasteiger partial charge < -0.3 is 10.6 Å². The minimum absolute atomic E-state index is 0.604. The molecule has 1 atom stereocenters. The molecule has 16 heavy (non-hydrogen) atoms. The van der Waals surface area contributed by atoms with Crippen molar-refractivity contribution in [2.24, 2.45) is 11.3 Å². The van der Waals surface area contributed by atoms with Crippen LogP contribution in [0.4, 0.5) is 11.5 Å². The van der Waals surface area contributed by atoms with Crippen molar-refractivity contribution in [3.63, 3.8) is 0 Å². The number of piperidine rings is 1. The van der Waals surface area contributed by atoms with Crippen LogP contribution in [0.3, 0.4) is 0 Å². The van der Waals surface area contributed by atoms with Crippen LogP contribution < -0.4 is 10.6 Å². The van der Waals surface area contributed by atoms with E-state index >= 15 is 0 Å². The average Bonchev–Trinajstić information content (AvgIpc) is 3.05. The summed E-state index contributed by atoms with van der Waals surface area (Å²) in [6.07, 6.45) is 6.13. The molecule has 1 saturated carbocycles. The number of aromatic nitrogens is 1.